The Labute approximate surface area is 322 Å². The van der Waals surface area contributed by atoms with Crippen molar-refractivity contribution in [2.45, 2.75) is 0 Å². The molecule has 12 aromatic rings. The third kappa shape index (κ3) is 4.50. The monoisotopic (exact) mass is 712 g/mol. The molecule has 0 amide bonds. The molecule has 0 saturated carbocycles. The lowest BCUT2D eigenvalue weighted by Gasteiger charge is -2.21. The standard InChI is InChI=1S/C54H32O2/c1-2-14-33(15-3-1)36-31-30-34-16-4-5-17-35(34)53(36)54-41-22-10-20-37(39-24-12-28-49-51(39)43-18-6-8-26-47(43)55-49)45(41)32-46-38(21-11-23-42(46)54)40-25-13-29-50-52(40)44-19-7-9-27-48(44)56-50/h1-32H. The number of benzene rings is 10. The predicted octanol–water partition coefficient (Wildman–Crippen LogP) is 15.6. The van der Waals surface area contributed by atoms with Crippen LogP contribution >= 0.6 is 0 Å². The number of fused-ring (bicyclic) bond motifs is 9. The van der Waals surface area contributed by atoms with E-state index in [-0.39, 0.29) is 0 Å². The topological polar surface area (TPSA) is 26.3 Å². The zero-order valence-corrected chi connectivity index (χ0v) is 30.3. The summed E-state index contributed by atoms with van der Waals surface area (Å²) in [5.74, 6) is 0. The molecular weight excluding hydrogens is 681 g/mol. The number of furan rings is 2. The van der Waals surface area contributed by atoms with Crippen LogP contribution < -0.4 is 0 Å². The number of rotatable bonds is 4. The minimum Gasteiger partial charge on any atom is -0.456 e. The molecule has 0 unspecified atom stereocenters. The largest absolute Gasteiger partial charge is 0.456 e. The Morgan fingerprint density at radius 1 is 0.250 bits per heavy atom. The van der Waals surface area contributed by atoms with Gasteiger partial charge in [-0.15, -0.1) is 0 Å². The van der Waals surface area contributed by atoms with E-state index >= 15 is 0 Å². The minimum atomic E-state index is 0.890. The molecular formula is C54H32O2. The van der Waals surface area contributed by atoms with Crippen molar-refractivity contribution in [2.75, 3.05) is 0 Å². The van der Waals surface area contributed by atoms with Gasteiger partial charge in [0.2, 0.25) is 0 Å². The fourth-order valence-corrected chi connectivity index (χ4v) is 9.30. The maximum Gasteiger partial charge on any atom is 0.136 e. The lowest BCUT2D eigenvalue weighted by Crippen LogP contribution is -1.94. The van der Waals surface area contributed by atoms with Crippen LogP contribution in [0.4, 0.5) is 0 Å². The van der Waals surface area contributed by atoms with Crippen molar-refractivity contribution >= 4 is 76.2 Å². The quantitative estimate of drug-likeness (QED) is 0.170. The van der Waals surface area contributed by atoms with Crippen molar-refractivity contribution in [3.8, 4) is 44.5 Å². The first-order valence-electron chi connectivity index (χ1n) is 19.2. The maximum atomic E-state index is 6.44. The Bertz CT molecular complexity index is 3360. The molecule has 0 spiro atoms. The molecule has 2 aromatic heterocycles. The highest BCUT2D eigenvalue weighted by Crippen LogP contribution is 2.50. The molecule has 0 aliphatic carbocycles. The summed E-state index contributed by atoms with van der Waals surface area (Å²) < 4.78 is 12.9. The Kier molecular flexibility index (Phi) is 6.66. The molecule has 0 atom stereocenters. The highest BCUT2D eigenvalue weighted by Gasteiger charge is 2.23. The molecule has 0 aliphatic rings. The number of para-hydroxylation sites is 2. The first-order valence-corrected chi connectivity index (χ1v) is 19.2. The van der Waals surface area contributed by atoms with Gasteiger partial charge in [0.1, 0.15) is 22.3 Å². The van der Waals surface area contributed by atoms with Gasteiger partial charge in [-0.1, -0.05) is 164 Å². The third-order valence-corrected chi connectivity index (χ3v) is 11.7. The molecule has 10 aromatic carbocycles. The molecule has 2 nitrogen and oxygen atoms in total. The van der Waals surface area contributed by atoms with E-state index in [1.807, 2.05) is 12.1 Å². The second kappa shape index (κ2) is 12.0. The van der Waals surface area contributed by atoms with E-state index in [0.717, 1.165) is 55.0 Å². The zero-order valence-electron chi connectivity index (χ0n) is 30.3. The van der Waals surface area contributed by atoms with Gasteiger partial charge in [0.15, 0.2) is 0 Å². The van der Waals surface area contributed by atoms with Crippen LogP contribution in [0.2, 0.25) is 0 Å². The van der Waals surface area contributed by atoms with Gasteiger partial charge in [-0.2, -0.15) is 0 Å². The highest BCUT2D eigenvalue weighted by molar-refractivity contribution is 6.26. The second-order valence-electron chi connectivity index (χ2n) is 14.7. The van der Waals surface area contributed by atoms with E-state index in [2.05, 4.69) is 182 Å². The SMILES string of the molecule is c1ccc(-c2ccc3ccccc3c2-c2c3cccc(-c4cccc5oc6ccccc6c45)c3cc3c(-c4cccc5oc6ccccc6c45)cccc23)cc1. The molecule has 0 saturated heterocycles. The molecule has 12 rings (SSSR count). The van der Waals surface area contributed by atoms with Crippen LogP contribution in [0, 0.1) is 0 Å². The van der Waals surface area contributed by atoms with Crippen LogP contribution in [0.5, 0.6) is 0 Å². The third-order valence-electron chi connectivity index (χ3n) is 11.7. The lowest BCUT2D eigenvalue weighted by molar-refractivity contribution is 0.668. The summed E-state index contributed by atoms with van der Waals surface area (Å²) in [5, 5.41) is 11.7. The molecule has 260 valence electrons. The molecule has 0 radical (unpaired) electrons. The molecule has 0 aliphatic heterocycles. The molecule has 56 heavy (non-hydrogen) atoms. The van der Waals surface area contributed by atoms with E-state index in [1.165, 1.54) is 65.7 Å². The van der Waals surface area contributed by atoms with Gasteiger partial charge in [0.05, 0.1) is 0 Å². The van der Waals surface area contributed by atoms with Gasteiger partial charge in [-0.25, -0.2) is 0 Å². The van der Waals surface area contributed by atoms with Gasteiger partial charge in [0, 0.05) is 21.5 Å². The summed E-state index contributed by atoms with van der Waals surface area (Å²) in [6.45, 7) is 0. The molecule has 0 N–H and O–H groups in total. The van der Waals surface area contributed by atoms with Crippen molar-refractivity contribution in [3.63, 3.8) is 0 Å². The van der Waals surface area contributed by atoms with Crippen molar-refractivity contribution in [1.29, 1.82) is 0 Å². The predicted molar refractivity (Wildman–Crippen MR) is 235 cm³/mol. The first-order chi connectivity index (χ1) is 27.8. The summed E-state index contributed by atoms with van der Waals surface area (Å²) in [5.41, 5.74) is 13.1. The first kappa shape index (κ1) is 31.0. The number of hydrogen-bond donors (Lipinski definition) is 0. The van der Waals surface area contributed by atoms with Crippen molar-refractivity contribution in [2.24, 2.45) is 0 Å². The lowest BCUT2D eigenvalue weighted by atomic mass is 9.82. The smallest absolute Gasteiger partial charge is 0.136 e. The highest BCUT2D eigenvalue weighted by atomic mass is 16.3. The van der Waals surface area contributed by atoms with E-state index < -0.39 is 0 Å². The second-order valence-corrected chi connectivity index (χ2v) is 14.7. The molecule has 2 heteroatoms. The minimum absolute atomic E-state index is 0.890. The van der Waals surface area contributed by atoms with Crippen LogP contribution in [0.15, 0.2) is 203 Å². The average Bonchev–Trinajstić information content (AvgIpc) is 3.84. The fourth-order valence-electron chi connectivity index (χ4n) is 9.30. The Balaban J connectivity index is 1.28. The Morgan fingerprint density at radius 2 is 0.714 bits per heavy atom. The van der Waals surface area contributed by atoms with Crippen LogP contribution in [0.25, 0.3) is 121 Å². The Hall–Kier alpha value is -7.42. The van der Waals surface area contributed by atoms with E-state index in [0.29, 0.717) is 0 Å². The summed E-state index contributed by atoms with van der Waals surface area (Å²) in [7, 11) is 0. The summed E-state index contributed by atoms with van der Waals surface area (Å²) in [6, 6.07) is 70.0. The summed E-state index contributed by atoms with van der Waals surface area (Å²) >= 11 is 0. The molecule has 0 fully saturated rings. The van der Waals surface area contributed by atoms with Gasteiger partial charge < -0.3 is 8.83 Å². The van der Waals surface area contributed by atoms with E-state index in [1.54, 1.807) is 0 Å². The van der Waals surface area contributed by atoms with Crippen LogP contribution in [-0.4, -0.2) is 0 Å². The van der Waals surface area contributed by atoms with E-state index in [9.17, 15) is 0 Å². The summed E-state index contributed by atoms with van der Waals surface area (Å²) in [6.07, 6.45) is 0. The molecule has 0 bridgehead atoms. The Morgan fingerprint density at radius 3 is 1.32 bits per heavy atom. The van der Waals surface area contributed by atoms with Gasteiger partial charge in [-0.3, -0.25) is 0 Å². The van der Waals surface area contributed by atoms with Crippen LogP contribution in [0.3, 0.4) is 0 Å². The zero-order chi connectivity index (χ0) is 36.7. The van der Waals surface area contributed by atoms with Crippen molar-refractivity contribution < 1.29 is 8.83 Å². The maximum absolute atomic E-state index is 6.44. The van der Waals surface area contributed by atoms with E-state index in [4.69, 9.17) is 8.83 Å². The fraction of sp³-hybridized carbons (Fsp3) is 0. The summed E-state index contributed by atoms with van der Waals surface area (Å²) in [4.78, 5) is 0. The van der Waals surface area contributed by atoms with Gasteiger partial charge in [-0.05, 0) is 107 Å². The van der Waals surface area contributed by atoms with Gasteiger partial charge in [0.25, 0.3) is 0 Å². The molecule has 2 heterocycles. The average molecular weight is 713 g/mol. The van der Waals surface area contributed by atoms with Crippen molar-refractivity contribution in [1.82, 2.24) is 0 Å². The van der Waals surface area contributed by atoms with Crippen LogP contribution in [0.1, 0.15) is 0 Å². The van der Waals surface area contributed by atoms with Crippen molar-refractivity contribution in [3.05, 3.63) is 194 Å². The normalized spacial score (nSPS) is 11.9. The van der Waals surface area contributed by atoms with Crippen LogP contribution in [-0.2, 0) is 0 Å². The van der Waals surface area contributed by atoms with Gasteiger partial charge >= 0.3 is 0 Å². The number of hydrogen-bond acceptors (Lipinski definition) is 2.